The number of aliphatic imine (C=N–C) groups is 1. The molecule has 0 saturated heterocycles. The second-order valence-corrected chi connectivity index (χ2v) is 16.5. The molecule has 0 saturated carbocycles. The van der Waals surface area contributed by atoms with Crippen molar-refractivity contribution in [3.8, 4) is 5.75 Å². The van der Waals surface area contributed by atoms with Gasteiger partial charge in [-0.2, -0.15) is 0 Å². The van der Waals surface area contributed by atoms with Crippen LogP contribution in [0.2, 0.25) is 0 Å². The Morgan fingerprint density at radius 3 is 1.76 bits per heavy atom. The van der Waals surface area contributed by atoms with Crippen molar-refractivity contribution in [2.75, 3.05) is 26.7 Å². The van der Waals surface area contributed by atoms with Crippen molar-refractivity contribution in [2.45, 2.75) is 147 Å². The van der Waals surface area contributed by atoms with Gasteiger partial charge in [-0.1, -0.05) is 126 Å². The van der Waals surface area contributed by atoms with Crippen molar-refractivity contribution >= 4 is 41.2 Å². The second-order valence-electron chi connectivity index (χ2n) is 16.5. The number of phenolic OH excluding ortho intramolecular Hbond substituents is 1. The molecule has 2 aromatic rings. The number of guanidine groups is 1. The SMILES string of the molecule is CCCCCCCCCCCCCCCC(=O)NCC(=O)N[C@@H](CO)C(=O)C[C@@H](Cc1ccc(O)cc1)C(=O)N[C@@H](Cc1ccccc1)C(=O)C[C@@H](CCCN=C(N)N)C(=O)NC. The third-order valence-corrected chi connectivity index (χ3v) is 11.2. The average Bonchev–Trinajstić information content (AvgIpc) is 3.27. The summed E-state index contributed by atoms with van der Waals surface area (Å²) in [7, 11) is 1.48. The maximum absolute atomic E-state index is 14.2. The van der Waals surface area contributed by atoms with Gasteiger partial charge in [0.1, 0.15) is 11.8 Å². The van der Waals surface area contributed by atoms with E-state index in [0.717, 1.165) is 24.8 Å². The molecule has 0 heterocycles. The molecule has 350 valence electrons. The van der Waals surface area contributed by atoms with E-state index in [0.29, 0.717) is 24.8 Å². The van der Waals surface area contributed by atoms with Crippen LogP contribution in [0.25, 0.3) is 0 Å². The molecule has 4 atom stereocenters. The average molecular weight is 878 g/mol. The van der Waals surface area contributed by atoms with Gasteiger partial charge in [-0.25, -0.2) is 0 Å². The minimum absolute atomic E-state index is 0.00723. The lowest BCUT2D eigenvalue weighted by Crippen LogP contribution is -2.50. The molecule has 0 spiro atoms. The largest absolute Gasteiger partial charge is 0.508 e. The van der Waals surface area contributed by atoms with E-state index in [-0.39, 0.29) is 62.3 Å². The molecular formula is C48H75N7O8. The number of hydrogen-bond donors (Lipinski definition) is 8. The molecule has 0 aliphatic rings. The fourth-order valence-electron chi connectivity index (χ4n) is 7.45. The summed E-state index contributed by atoms with van der Waals surface area (Å²) in [6.07, 6.45) is 16.0. The van der Waals surface area contributed by atoms with Crippen molar-refractivity contribution in [1.29, 1.82) is 0 Å². The quantitative estimate of drug-likeness (QED) is 0.0269. The van der Waals surface area contributed by atoms with Crippen molar-refractivity contribution in [2.24, 2.45) is 28.3 Å². The first-order valence-corrected chi connectivity index (χ1v) is 23.0. The van der Waals surface area contributed by atoms with Crippen LogP contribution in [0.4, 0.5) is 0 Å². The van der Waals surface area contributed by atoms with E-state index in [4.69, 9.17) is 11.5 Å². The minimum atomic E-state index is -1.36. The zero-order chi connectivity index (χ0) is 46.2. The first-order valence-electron chi connectivity index (χ1n) is 23.0. The van der Waals surface area contributed by atoms with Gasteiger partial charge in [-0.3, -0.25) is 33.8 Å². The Labute approximate surface area is 374 Å². The lowest BCUT2D eigenvalue weighted by molar-refractivity contribution is -0.135. The normalized spacial score (nSPS) is 12.9. The number of carbonyl (C=O) groups excluding carboxylic acids is 6. The zero-order valence-electron chi connectivity index (χ0n) is 37.7. The van der Waals surface area contributed by atoms with Gasteiger partial charge in [0.2, 0.25) is 23.6 Å². The number of ketones is 2. The molecular weight excluding hydrogens is 803 g/mol. The number of amides is 4. The van der Waals surface area contributed by atoms with Crippen LogP contribution >= 0.6 is 0 Å². The minimum Gasteiger partial charge on any atom is -0.508 e. The van der Waals surface area contributed by atoms with Crippen LogP contribution in [0, 0.1) is 11.8 Å². The molecule has 0 radical (unpaired) electrons. The third-order valence-electron chi connectivity index (χ3n) is 11.2. The topological polar surface area (TPSA) is 255 Å². The van der Waals surface area contributed by atoms with Gasteiger partial charge in [-0.05, 0) is 55.4 Å². The molecule has 0 fully saturated rings. The molecule has 63 heavy (non-hydrogen) atoms. The standard InChI is InChI=1S/C48H75N7O8/c1-3-4-5-6-7-8-9-10-11-12-13-14-18-23-44(60)53-33-45(61)54-41(34-56)43(59)32-38(29-36-24-26-39(57)27-25-36)47(63)55-40(30-35-20-16-15-17-21-35)42(58)31-37(46(62)51-2)22-19-28-52-48(49)50/h15-17,20-21,24-27,37-38,40-41,56-57H,3-14,18-19,22-23,28-34H2,1-2H3,(H,51,62)(H,53,60)(H,54,61)(H,55,63)(H4,49,50,52)/t37-,38-,40+,41+/m1/s1. The number of benzene rings is 2. The number of hydrogen-bond acceptors (Lipinski definition) is 9. The van der Waals surface area contributed by atoms with Crippen LogP contribution in [0.1, 0.15) is 134 Å². The summed E-state index contributed by atoms with van der Waals surface area (Å²) in [5.41, 5.74) is 12.2. The Balaban J connectivity index is 2.03. The maximum atomic E-state index is 14.2. The van der Waals surface area contributed by atoms with Crippen molar-refractivity contribution in [3.63, 3.8) is 0 Å². The predicted octanol–water partition coefficient (Wildman–Crippen LogP) is 4.69. The van der Waals surface area contributed by atoms with Crippen LogP contribution in [0.3, 0.4) is 0 Å². The zero-order valence-corrected chi connectivity index (χ0v) is 37.7. The van der Waals surface area contributed by atoms with E-state index in [1.54, 1.807) is 24.3 Å². The summed E-state index contributed by atoms with van der Waals surface area (Å²) in [6, 6.07) is 12.7. The van der Waals surface area contributed by atoms with Crippen LogP contribution in [0.5, 0.6) is 5.75 Å². The van der Waals surface area contributed by atoms with Crippen LogP contribution in [-0.2, 0) is 41.6 Å². The molecule has 0 bridgehead atoms. The summed E-state index contributed by atoms with van der Waals surface area (Å²) >= 11 is 0. The number of aliphatic hydroxyl groups excluding tert-OH is 1. The van der Waals surface area contributed by atoms with Gasteiger partial charge >= 0.3 is 0 Å². The molecule has 15 heteroatoms. The Hall–Kier alpha value is -5.31. The van der Waals surface area contributed by atoms with E-state index in [9.17, 15) is 39.0 Å². The Morgan fingerprint density at radius 2 is 1.19 bits per heavy atom. The van der Waals surface area contributed by atoms with E-state index in [2.05, 4.69) is 33.2 Å². The van der Waals surface area contributed by atoms with Gasteiger partial charge in [0.05, 0.1) is 19.2 Å². The predicted molar refractivity (Wildman–Crippen MR) is 246 cm³/mol. The van der Waals surface area contributed by atoms with Gasteiger partial charge in [0, 0.05) is 44.7 Å². The van der Waals surface area contributed by atoms with Crippen LogP contribution in [0.15, 0.2) is 59.6 Å². The second kappa shape index (κ2) is 32.4. The van der Waals surface area contributed by atoms with Gasteiger partial charge in [0.25, 0.3) is 0 Å². The monoisotopic (exact) mass is 878 g/mol. The third kappa shape index (κ3) is 24.2. The molecule has 0 aliphatic heterocycles. The number of rotatable bonds is 35. The van der Waals surface area contributed by atoms with Crippen LogP contribution in [-0.4, -0.2) is 90.2 Å². The van der Waals surface area contributed by atoms with Crippen molar-refractivity contribution < 1.29 is 39.0 Å². The molecule has 0 aromatic heterocycles. The van der Waals surface area contributed by atoms with Gasteiger partial charge in [0.15, 0.2) is 17.5 Å². The Morgan fingerprint density at radius 1 is 0.635 bits per heavy atom. The fraction of sp³-hybridized carbons (Fsp3) is 0.604. The highest BCUT2D eigenvalue weighted by Gasteiger charge is 2.32. The number of phenols is 1. The summed E-state index contributed by atoms with van der Waals surface area (Å²) in [5.74, 6) is -4.81. The number of aromatic hydroxyl groups is 1. The number of nitrogens with one attached hydrogen (secondary N) is 4. The molecule has 0 unspecified atom stereocenters. The van der Waals surface area contributed by atoms with Crippen molar-refractivity contribution in [3.05, 3.63) is 65.7 Å². The van der Waals surface area contributed by atoms with Crippen molar-refractivity contribution in [1.82, 2.24) is 21.3 Å². The number of aliphatic hydroxyl groups is 1. The van der Waals surface area contributed by atoms with E-state index < -0.39 is 60.3 Å². The molecule has 2 rings (SSSR count). The summed E-state index contributed by atoms with van der Waals surface area (Å²) in [4.78, 5) is 83.9. The molecule has 2 aromatic carbocycles. The molecule has 15 nitrogen and oxygen atoms in total. The first-order chi connectivity index (χ1) is 30.4. The maximum Gasteiger partial charge on any atom is 0.240 e. The summed E-state index contributed by atoms with van der Waals surface area (Å²) in [6.45, 7) is 1.37. The highest BCUT2D eigenvalue weighted by atomic mass is 16.3. The van der Waals surface area contributed by atoms with Gasteiger partial charge < -0.3 is 42.9 Å². The van der Waals surface area contributed by atoms with E-state index in [1.807, 2.05) is 18.2 Å². The number of Topliss-reactive ketones (excluding diaryl/α,β-unsaturated/α-hetero) is 2. The van der Waals surface area contributed by atoms with E-state index in [1.165, 1.54) is 77.0 Å². The highest BCUT2D eigenvalue weighted by Crippen LogP contribution is 2.20. The first kappa shape index (κ1) is 53.8. The molecule has 10 N–H and O–H groups in total. The number of carbonyl (C=O) groups is 6. The summed E-state index contributed by atoms with van der Waals surface area (Å²) in [5, 5.41) is 30.5. The summed E-state index contributed by atoms with van der Waals surface area (Å²) < 4.78 is 0. The number of nitrogens with two attached hydrogens (primary N) is 2. The number of unbranched alkanes of at least 4 members (excludes halogenated alkanes) is 12. The Kier molecular flexibility index (Phi) is 27.7. The number of nitrogens with zero attached hydrogens (tertiary/aromatic N) is 1. The highest BCUT2D eigenvalue weighted by molar-refractivity contribution is 5.96. The van der Waals surface area contributed by atoms with E-state index >= 15 is 0 Å². The lowest BCUT2D eigenvalue weighted by Gasteiger charge is -2.25. The van der Waals surface area contributed by atoms with Gasteiger partial charge in [-0.15, -0.1) is 0 Å². The lowest BCUT2D eigenvalue weighted by atomic mass is 9.89. The molecule has 4 amide bonds. The fourth-order valence-corrected chi connectivity index (χ4v) is 7.45. The Bertz CT molecular complexity index is 1690. The smallest absolute Gasteiger partial charge is 0.240 e. The molecule has 0 aliphatic carbocycles. The van der Waals surface area contributed by atoms with Crippen LogP contribution < -0.4 is 32.7 Å².